The summed E-state index contributed by atoms with van der Waals surface area (Å²) in [6, 6.07) is 0. The average Bonchev–Trinajstić information content (AvgIpc) is 2.02. The Balaban J connectivity index is 2.99. The van der Waals surface area contributed by atoms with Crippen LogP contribution in [0.2, 0.25) is 0 Å². The van der Waals surface area contributed by atoms with Crippen LogP contribution in [0.1, 0.15) is 6.42 Å². The number of ether oxygens (including phenoxy) is 1. The molecule has 0 saturated heterocycles. The number of halogens is 1. The fraction of sp³-hybridized carbons (Fsp3) is 0.571. The van der Waals surface area contributed by atoms with Gasteiger partial charge in [-0.2, -0.15) is 0 Å². The summed E-state index contributed by atoms with van der Waals surface area (Å²) >= 11 is 1.93. The summed E-state index contributed by atoms with van der Waals surface area (Å²) < 4.78 is 7.71. The summed E-state index contributed by atoms with van der Waals surface area (Å²) in [7, 11) is 0. The molecular weight excluding hydrogens is 273 g/mol. The Morgan fingerprint density at radius 3 is 3.00 bits per heavy atom. The lowest BCUT2D eigenvalue weighted by Crippen LogP contribution is -2.22. The van der Waals surface area contributed by atoms with Gasteiger partial charge >= 0.3 is 6.09 Å². The van der Waals surface area contributed by atoms with Crippen LogP contribution in [0.25, 0.3) is 0 Å². The summed E-state index contributed by atoms with van der Waals surface area (Å²) in [5.74, 6) is 2.73. The first-order valence-corrected chi connectivity index (χ1v) is 4.48. The molecule has 0 radical (unpaired) electrons. The van der Waals surface area contributed by atoms with E-state index in [9.17, 15) is 4.79 Å². The van der Waals surface area contributed by atoms with Gasteiger partial charge in [0.2, 0.25) is 0 Å². The topological polar surface area (TPSA) is 58.6 Å². The lowest BCUT2D eigenvalue weighted by molar-refractivity contribution is 0.161. The second kappa shape index (κ2) is 8.62. The van der Waals surface area contributed by atoms with Gasteiger partial charge in [0.1, 0.15) is 6.61 Å². The SMILES string of the molecule is O=C(O)NCCCOCC#CI. The lowest BCUT2D eigenvalue weighted by atomic mass is 10.4. The molecule has 0 rings (SSSR count). The second-order valence-corrected chi connectivity index (χ2v) is 2.45. The maximum absolute atomic E-state index is 9.96. The van der Waals surface area contributed by atoms with Gasteiger partial charge in [-0.3, -0.25) is 0 Å². The fourth-order valence-corrected chi connectivity index (χ4v) is 0.676. The Labute approximate surface area is 84.8 Å². The van der Waals surface area contributed by atoms with E-state index >= 15 is 0 Å². The lowest BCUT2D eigenvalue weighted by Gasteiger charge is -1.99. The van der Waals surface area contributed by atoms with Crippen molar-refractivity contribution in [2.45, 2.75) is 6.42 Å². The first kappa shape index (κ1) is 11.5. The molecule has 12 heavy (non-hydrogen) atoms. The molecule has 1 amide bonds. The molecule has 0 aliphatic carbocycles. The Bertz CT molecular complexity index is 185. The Morgan fingerprint density at radius 1 is 1.67 bits per heavy atom. The van der Waals surface area contributed by atoms with E-state index in [0.717, 1.165) is 0 Å². The summed E-state index contributed by atoms with van der Waals surface area (Å²) in [4.78, 5) is 9.96. The molecule has 0 unspecified atom stereocenters. The van der Waals surface area contributed by atoms with E-state index < -0.39 is 6.09 Å². The van der Waals surface area contributed by atoms with Crippen molar-refractivity contribution in [2.24, 2.45) is 0 Å². The van der Waals surface area contributed by atoms with Crippen molar-refractivity contribution < 1.29 is 14.6 Å². The molecule has 0 heterocycles. The first-order valence-electron chi connectivity index (χ1n) is 3.40. The number of hydrogen-bond donors (Lipinski definition) is 2. The highest BCUT2D eigenvalue weighted by molar-refractivity contribution is 14.1. The first-order chi connectivity index (χ1) is 5.77. The molecule has 4 nitrogen and oxygen atoms in total. The molecule has 2 N–H and O–H groups in total. The quantitative estimate of drug-likeness (QED) is 0.450. The van der Waals surface area contributed by atoms with Gasteiger partial charge in [-0.25, -0.2) is 4.79 Å². The number of hydrogen-bond acceptors (Lipinski definition) is 2. The highest BCUT2D eigenvalue weighted by Gasteiger charge is 1.91. The molecule has 0 aromatic rings. The van der Waals surface area contributed by atoms with Gasteiger partial charge in [-0.1, -0.05) is 5.92 Å². The monoisotopic (exact) mass is 283 g/mol. The number of carbonyl (C=O) groups is 1. The Hall–Kier alpha value is -0.480. The van der Waals surface area contributed by atoms with E-state index in [1.165, 1.54) is 0 Å². The maximum Gasteiger partial charge on any atom is 0.404 e. The van der Waals surface area contributed by atoms with Gasteiger partial charge in [0.15, 0.2) is 0 Å². The Kier molecular flexibility index (Phi) is 8.27. The zero-order valence-electron chi connectivity index (χ0n) is 6.47. The van der Waals surface area contributed by atoms with Crippen molar-refractivity contribution >= 4 is 28.7 Å². The highest BCUT2D eigenvalue weighted by Crippen LogP contribution is 1.80. The summed E-state index contributed by atoms with van der Waals surface area (Å²) in [6.45, 7) is 1.37. The van der Waals surface area contributed by atoms with Crippen LogP contribution in [0.15, 0.2) is 0 Å². The Morgan fingerprint density at radius 2 is 2.42 bits per heavy atom. The van der Waals surface area contributed by atoms with E-state index in [4.69, 9.17) is 9.84 Å². The minimum absolute atomic E-state index is 0.413. The molecule has 0 atom stereocenters. The minimum Gasteiger partial charge on any atom is -0.465 e. The van der Waals surface area contributed by atoms with Crippen LogP contribution in [0, 0.1) is 9.85 Å². The standard InChI is InChI=1S/C7H10INO3/c8-3-1-5-12-6-2-4-9-7(10)11/h9H,2,4-6H2,(H,10,11). The minimum atomic E-state index is -0.998. The number of rotatable bonds is 5. The molecule has 68 valence electrons. The molecule has 0 saturated carbocycles. The van der Waals surface area contributed by atoms with Crippen LogP contribution in [-0.2, 0) is 4.74 Å². The normalized spacial score (nSPS) is 8.42. The fourth-order valence-electron chi connectivity index (χ4n) is 0.520. The largest absolute Gasteiger partial charge is 0.465 e. The van der Waals surface area contributed by atoms with E-state index in [0.29, 0.717) is 26.2 Å². The van der Waals surface area contributed by atoms with Crippen LogP contribution < -0.4 is 5.32 Å². The third-order valence-electron chi connectivity index (χ3n) is 0.983. The van der Waals surface area contributed by atoms with E-state index in [1.54, 1.807) is 0 Å². The molecule has 0 fully saturated rings. The summed E-state index contributed by atoms with van der Waals surface area (Å²) in [6.07, 6.45) is -0.322. The molecule has 5 heteroatoms. The second-order valence-electron chi connectivity index (χ2n) is 1.91. The molecule has 0 bridgehead atoms. The molecular formula is C7H10INO3. The van der Waals surface area contributed by atoms with Crippen LogP contribution in [0.5, 0.6) is 0 Å². The van der Waals surface area contributed by atoms with Crippen LogP contribution in [-0.4, -0.2) is 31.0 Å². The zero-order chi connectivity index (χ0) is 9.23. The van der Waals surface area contributed by atoms with Gasteiger partial charge in [-0.05, 0) is 10.3 Å². The number of amides is 1. The molecule has 0 spiro atoms. The van der Waals surface area contributed by atoms with E-state index in [2.05, 4.69) is 15.2 Å². The predicted octanol–water partition coefficient (Wildman–Crippen LogP) is 1.06. The van der Waals surface area contributed by atoms with Gasteiger partial charge in [0.25, 0.3) is 0 Å². The van der Waals surface area contributed by atoms with Gasteiger partial charge in [0.05, 0.1) is 0 Å². The van der Waals surface area contributed by atoms with E-state index in [1.807, 2.05) is 22.6 Å². The smallest absolute Gasteiger partial charge is 0.404 e. The number of carboxylic acid groups (broad SMARTS) is 1. The van der Waals surface area contributed by atoms with Crippen molar-refractivity contribution in [1.29, 1.82) is 0 Å². The van der Waals surface area contributed by atoms with Crippen LogP contribution in [0.3, 0.4) is 0 Å². The highest BCUT2D eigenvalue weighted by atomic mass is 127. The van der Waals surface area contributed by atoms with Crippen molar-refractivity contribution in [3.63, 3.8) is 0 Å². The molecule has 0 aliphatic heterocycles. The van der Waals surface area contributed by atoms with Crippen LogP contribution in [0.4, 0.5) is 4.79 Å². The maximum atomic E-state index is 9.96. The summed E-state index contributed by atoms with van der Waals surface area (Å²) in [5.41, 5.74) is 0. The van der Waals surface area contributed by atoms with Crippen molar-refractivity contribution in [3.8, 4) is 9.85 Å². The van der Waals surface area contributed by atoms with Gasteiger partial charge in [0, 0.05) is 35.7 Å². The van der Waals surface area contributed by atoms with Gasteiger partial charge < -0.3 is 15.2 Å². The van der Waals surface area contributed by atoms with Crippen molar-refractivity contribution in [2.75, 3.05) is 19.8 Å². The van der Waals surface area contributed by atoms with Crippen molar-refractivity contribution in [3.05, 3.63) is 0 Å². The summed E-state index contributed by atoms with van der Waals surface area (Å²) in [5, 5.41) is 10.4. The predicted molar refractivity (Wildman–Crippen MR) is 53.3 cm³/mol. The van der Waals surface area contributed by atoms with Gasteiger partial charge in [-0.15, -0.1) is 0 Å². The van der Waals surface area contributed by atoms with Crippen molar-refractivity contribution in [1.82, 2.24) is 5.32 Å². The zero-order valence-corrected chi connectivity index (χ0v) is 8.63. The third-order valence-corrected chi connectivity index (χ3v) is 1.36. The molecule has 0 aliphatic rings. The molecule has 0 aromatic carbocycles. The molecule has 0 aromatic heterocycles. The van der Waals surface area contributed by atoms with E-state index in [-0.39, 0.29) is 0 Å². The third kappa shape index (κ3) is 9.52. The average molecular weight is 283 g/mol. The number of nitrogens with one attached hydrogen (secondary N) is 1. The van der Waals surface area contributed by atoms with Crippen LogP contribution >= 0.6 is 22.6 Å².